The smallest absolute Gasteiger partial charge is 0.431 e. The number of hydrogen-bond acceptors (Lipinski definition) is 5. The molecule has 0 aliphatic rings. The predicted molar refractivity (Wildman–Crippen MR) is 112 cm³/mol. The van der Waals surface area contributed by atoms with Gasteiger partial charge in [-0.1, -0.05) is 24.0 Å². The quantitative estimate of drug-likeness (QED) is 0.357. The van der Waals surface area contributed by atoms with Crippen LogP contribution in [0.3, 0.4) is 0 Å². The maximum absolute atomic E-state index is 14.6. The van der Waals surface area contributed by atoms with Crippen LogP contribution in [0.4, 0.5) is 17.6 Å². The van der Waals surface area contributed by atoms with Gasteiger partial charge < -0.3 is 10.1 Å². The number of halogens is 5. The Morgan fingerprint density at radius 3 is 2.45 bits per heavy atom. The Morgan fingerprint density at radius 2 is 1.88 bits per heavy atom. The molecular formula is C19H18BClF4N3O5. The Kier molecular flexibility index (Phi) is 8.12. The van der Waals surface area contributed by atoms with Gasteiger partial charge >= 0.3 is 17.8 Å². The van der Waals surface area contributed by atoms with Crippen molar-refractivity contribution in [2.75, 3.05) is 13.7 Å². The summed E-state index contributed by atoms with van der Waals surface area (Å²) in [5, 5.41) is 2.32. The first kappa shape index (κ1) is 26.2. The van der Waals surface area contributed by atoms with E-state index in [4.69, 9.17) is 11.6 Å². The molecule has 2 rings (SSSR count). The van der Waals surface area contributed by atoms with Gasteiger partial charge in [-0.25, -0.2) is 13.8 Å². The zero-order valence-corrected chi connectivity index (χ0v) is 18.4. The fourth-order valence-corrected chi connectivity index (χ4v) is 3.08. The number of carbonyl (C=O) groups excluding carboxylic acids is 2. The molecule has 0 spiro atoms. The normalized spacial score (nSPS) is 12.2. The molecule has 33 heavy (non-hydrogen) atoms. The van der Waals surface area contributed by atoms with Crippen LogP contribution in [0.25, 0.3) is 5.69 Å². The molecule has 1 aromatic carbocycles. The number of hydrogen-bond donors (Lipinski definition) is 1. The Balaban J connectivity index is 2.40. The monoisotopic (exact) mass is 490 g/mol. The summed E-state index contributed by atoms with van der Waals surface area (Å²) in [6, 6.07) is 1.93. The van der Waals surface area contributed by atoms with E-state index in [0.29, 0.717) is 0 Å². The fraction of sp³-hybridized carbons (Fsp3) is 0.368. The van der Waals surface area contributed by atoms with Crippen LogP contribution in [-0.2, 0) is 27.5 Å². The second-order valence-electron chi connectivity index (χ2n) is 6.94. The van der Waals surface area contributed by atoms with Gasteiger partial charge in [0.15, 0.2) is 7.28 Å². The molecule has 0 saturated carbocycles. The molecular weight excluding hydrogens is 472 g/mol. The summed E-state index contributed by atoms with van der Waals surface area (Å²) >= 11 is 6.01. The molecule has 0 fully saturated rings. The summed E-state index contributed by atoms with van der Waals surface area (Å²) in [5.74, 6) is -3.01. The van der Waals surface area contributed by atoms with E-state index in [-0.39, 0.29) is 38.7 Å². The highest BCUT2D eigenvalue weighted by Gasteiger charge is 2.35. The van der Waals surface area contributed by atoms with Gasteiger partial charge in [-0.2, -0.15) is 13.2 Å². The molecule has 1 heterocycles. The van der Waals surface area contributed by atoms with Crippen molar-refractivity contribution in [1.82, 2.24) is 14.5 Å². The molecule has 1 aromatic heterocycles. The molecule has 1 unspecified atom stereocenters. The van der Waals surface area contributed by atoms with E-state index in [1.807, 2.05) is 0 Å². The highest BCUT2D eigenvalue weighted by molar-refractivity contribution is 6.62. The third kappa shape index (κ3) is 6.03. The third-order valence-corrected chi connectivity index (χ3v) is 4.94. The molecule has 0 bridgehead atoms. The first-order valence-corrected chi connectivity index (χ1v) is 9.74. The van der Waals surface area contributed by atoms with Crippen molar-refractivity contribution >= 4 is 36.2 Å². The van der Waals surface area contributed by atoms with Crippen LogP contribution >= 0.6 is 11.6 Å². The topological polar surface area (TPSA) is 99.4 Å². The van der Waals surface area contributed by atoms with Crippen LogP contribution in [-0.4, -0.2) is 41.9 Å². The first-order valence-electron chi connectivity index (χ1n) is 9.37. The summed E-state index contributed by atoms with van der Waals surface area (Å²) in [5.41, 5.74) is -4.89. The lowest BCUT2D eigenvalue weighted by molar-refractivity contribution is -0.144. The number of nitrogens with one attached hydrogen (secondary N) is 1. The molecule has 14 heteroatoms. The van der Waals surface area contributed by atoms with Crippen molar-refractivity contribution < 1.29 is 31.9 Å². The van der Waals surface area contributed by atoms with Gasteiger partial charge in [-0.3, -0.25) is 19.0 Å². The van der Waals surface area contributed by atoms with E-state index in [0.717, 1.165) is 19.2 Å². The maximum atomic E-state index is 14.6. The van der Waals surface area contributed by atoms with Crippen LogP contribution in [0.5, 0.6) is 0 Å². The lowest BCUT2D eigenvalue weighted by Gasteiger charge is -2.16. The van der Waals surface area contributed by atoms with Gasteiger partial charge in [0.1, 0.15) is 11.5 Å². The van der Waals surface area contributed by atoms with E-state index >= 15 is 0 Å². The number of nitrogens with zero attached hydrogens (tertiary/aromatic N) is 2. The minimum atomic E-state index is -4.97. The Morgan fingerprint density at radius 1 is 1.24 bits per heavy atom. The number of alkyl halides is 3. The Hall–Kier alpha value is -3.09. The summed E-state index contributed by atoms with van der Waals surface area (Å²) in [4.78, 5) is 48.0. The van der Waals surface area contributed by atoms with Crippen LogP contribution in [0.15, 0.2) is 27.8 Å². The second-order valence-corrected chi connectivity index (χ2v) is 7.35. The van der Waals surface area contributed by atoms with Gasteiger partial charge in [0.05, 0.1) is 19.2 Å². The van der Waals surface area contributed by atoms with Crippen LogP contribution in [0.1, 0.15) is 19.0 Å². The van der Waals surface area contributed by atoms with Gasteiger partial charge in [-0.05, 0) is 12.1 Å². The number of benzene rings is 1. The average Bonchev–Trinajstić information content (AvgIpc) is 2.72. The Bertz CT molecular complexity index is 1200. The summed E-state index contributed by atoms with van der Waals surface area (Å²) < 4.78 is 58.6. The van der Waals surface area contributed by atoms with Crippen LogP contribution in [0, 0.1) is 5.82 Å². The summed E-state index contributed by atoms with van der Waals surface area (Å²) in [6.07, 6.45) is -5.03. The molecule has 1 N–H and O–H groups in total. The number of ether oxygens (including phenoxy) is 1. The number of methoxy groups -OCH3 is 1. The van der Waals surface area contributed by atoms with Crippen molar-refractivity contribution in [2.24, 2.45) is 7.05 Å². The highest BCUT2D eigenvalue weighted by Crippen LogP contribution is 2.27. The van der Waals surface area contributed by atoms with Crippen molar-refractivity contribution in [3.8, 4) is 5.69 Å². The molecule has 1 amide bonds. The highest BCUT2D eigenvalue weighted by atomic mass is 35.5. The van der Waals surface area contributed by atoms with E-state index in [9.17, 15) is 36.7 Å². The van der Waals surface area contributed by atoms with Gasteiger partial charge in [0.25, 0.3) is 5.56 Å². The van der Waals surface area contributed by atoms with Gasteiger partial charge in [0, 0.05) is 30.5 Å². The Labute approximate surface area is 190 Å². The van der Waals surface area contributed by atoms with Crippen LogP contribution < -0.4 is 22.0 Å². The van der Waals surface area contributed by atoms with E-state index in [2.05, 4.69) is 10.1 Å². The van der Waals surface area contributed by atoms with E-state index in [1.165, 1.54) is 21.3 Å². The fourth-order valence-electron chi connectivity index (χ4n) is 2.87. The maximum Gasteiger partial charge on any atom is 0.431 e. The average molecular weight is 491 g/mol. The minimum absolute atomic E-state index is 0.00305. The van der Waals surface area contributed by atoms with E-state index < -0.39 is 52.3 Å². The zero-order valence-electron chi connectivity index (χ0n) is 17.6. The molecule has 177 valence electrons. The third-order valence-electron chi connectivity index (χ3n) is 4.62. The minimum Gasteiger partial charge on any atom is -0.469 e. The van der Waals surface area contributed by atoms with Gasteiger partial charge in [-0.15, -0.1) is 0 Å². The number of carbonyl (C=O) groups is 2. The zero-order chi connectivity index (χ0) is 25.1. The number of rotatable bonds is 7. The molecule has 8 nitrogen and oxygen atoms in total. The molecule has 0 aliphatic carbocycles. The van der Waals surface area contributed by atoms with Crippen molar-refractivity contribution in [2.45, 2.75) is 25.3 Å². The lowest BCUT2D eigenvalue weighted by Crippen LogP contribution is -2.41. The number of amides is 1. The molecule has 0 aliphatic heterocycles. The number of esters is 1. The molecule has 1 radical (unpaired) electrons. The lowest BCUT2D eigenvalue weighted by atomic mass is 9.59. The summed E-state index contributed by atoms with van der Waals surface area (Å²) in [6.45, 7) is 1.47. The summed E-state index contributed by atoms with van der Waals surface area (Å²) in [7, 11) is 3.30. The first-order chi connectivity index (χ1) is 15.3. The standard InChI is InChI=1S/C19H18BClF4N3O5/c1-9(17(31)26-5-4-16(30)33-3)20-10-6-13(12(22)7-11(10)21)28-15(29)8-14(19(23,24)25)27(2)18(28)32/h6-9H,4-5H2,1-3H3,(H,26,31). The SMILES string of the molecule is COC(=O)CCNC(=O)C(C)[B]c1cc(-n2c(=O)cc(C(F)(F)F)n(C)c2=O)c(F)cc1Cl. The van der Waals surface area contributed by atoms with E-state index in [1.54, 1.807) is 0 Å². The van der Waals surface area contributed by atoms with Crippen molar-refractivity contribution in [1.29, 1.82) is 0 Å². The molecule has 1 atom stereocenters. The second kappa shape index (κ2) is 10.2. The molecule has 2 aromatic rings. The van der Waals surface area contributed by atoms with Crippen molar-refractivity contribution in [3.05, 3.63) is 55.6 Å². The molecule has 0 saturated heterocycles. The van der Waals surface area contributed by atoms with Crippen molar-refractivity contribution in [3.63, 3.8) is 0 Å². The largest absolute Gasteiger partial charge is 0.469 e. The van der Waals surface area contributed by atoms with Crippen LogP contribution in [0.2, 0.25) is 10.8 Å². The van der Waals surface area contributed by atoms with Gasteiger partial charge in [0.2, 0.25) is 5.91 Å². The number of aromatic nitrogens is 2. The predicted octanol–water partition coefficient (Wildman–Crippen LogP) is 1.16.